The minimum absolute atomic E-state index is 0.0458. The molecule has 9 heteroatoms. The van der Waals surface area contributed by atoms with Gasteiger partial charge in [0, 0.05) is 0 Å². The standard InChI is InChI=1S/C17H11F3N2O3S/c18-17(19,20)25-13-6-4-11(5-7-13)22-15(24)14(21-16(22)26)9-10-2-1-3-12(23)8-10/h1-9,23H,(H,21,26). The van der Waals surface area contributed by atoms with Crippen molar-refractivity contribution in [2.45, 2.75) is 6.36 Å². The molecule has 2 aromatic carbocycles. The minimum Gasteiger partial charge on any atom is -0.508 e. The predicted octanol–water partition coefficient (Wildman–Crippen LogP) is 3.55. The van der Waals surface area contributed by atoms with Crippen molar-refractivity contribution < 1.29 is 27.8 Å². The van der Waals surface area contributed by atoms with E-state index in [1.165, 1.54) is 30.3 Å². The van der Waals surface area contributed by atoms with E-state index in [9.17, 15) is 23.1 Å². The van der Waals surface area contributed by atoms with Crippen molar-refractivity contribution in [2.75, 3.05) is 4.90 Å². The SMILES string of the molecule is O=C1C(=Cc2cccc(O)c2)NC(=S)N1c1ccc(OC(F)(F)F)cc1. The third-order valence-electron chi connectivity index (χ3n) is 3.39. The monoisotopic (exact) mass is 380 g/mol. The highest BCUT2D eigenvalue weighted by Crippen LogP contribution is 2.28. The molecule has 0 aromatic heterocycles. The fraction of sp³-hybridized carbons (Fsp3) is 0.0588. The topological polar surface area (TPSA) is 61.8 Å². The van der Waals surface area contributed by atoms with Crippen LogP contribution >= 0.6 is 12.2 Å². The third-order valence-corrected chi connectivity index (χ3v) is 3.67. The van der Waals surface area contributed by atoms with Gasteiger partial charge in [0.25, 0.3) is 5.91 Å². The van der Waals surface area contributed by atoms with Gasteiger partial charge in [0.15, 0.2) is 5.11 Å². The number of ether oxygens (including phenoxy) is 1. The molecule has 5 nitrogen and oxygen atoms in total. The highest BCUT2D eigenvalue weighted by molar-refractivity contribution is 7.80. The first kappa shape index (κ1) is 17.7. The number of alkyl halides is 3. The Balaban J connectivity index is 1.83. The summed E-state index contributed by atoms with van der Waals surface area (Å²) in [6.07, 6.45) is -3.28. The number of benzene rings is 2. The number of hydrogen-bond donors (Lipinski definition) is 2. The Morgan fingerprint density at radius 1 is 1.15 bits per heavy atom. The summed E-state index contributed by atoms with van der Waals surface area (Å²) in [5.41, 5.74) is 1.05. The van der Waals surface area contributed by atoms with Crippen LogP contribution in [-0.4, -0.2) is 22.5 Å². The number of nitrogens with one attached hydrogen (secondary N) is 1. The highest BCUT2D eigenvalue weighted by atomic mass is 32.1. The van der Waals surface area contributed by atoms with Crippen LogP contribution in [-0.2, 0) is 4.79 Å². The van der Waals surface area contributed by atoms with Crippen LogP contribution < -0.4 is 15.0 Å². The summed E-state index contributed by atoms with van der Waals surface area (Å²) >= 11 is 5.13. The Kier molecular flexibility index (Phi) is 4.56. The van der Waals surface area contributed by atoms with E-state index >= 15 is 0 Å². The second-order valence-electron chi connectivity index (χ2n) is 5.27. The van der Waals surface area contributed by atoms with Crippen molar-refractivity contribution in [3.63, 3.8) is 0 Å². The molecule has 3 rings (SSSR count). The molecule has 1 saturated heterocycles. The molecule has 1 heterocycles. The molecule has 1 aliphatic heterocycles. The van der Waals surface area contributed by atoms with E-state index in [0.29, 0.717) is 11.3 Å². The zero-order valence-electron chi connectivity index (χ0n) is 12.9. The number of carbonyl (C=O) groups is 1. The normalized spacial score (nSPS) is 16.1. The number of anilines is 1. The lowest BCUT2D eigenvalue weighted by molar-refractivity contribution is -0.274. The molecule has 26 heavy (non-hydrogen) atoms. The van der Waals surface area contributed by atoms with E-state index in [2.05, 4.69) is 10.1 Å². The minimum atomic E-state index is -4.79. The maximum Gasteiger partial charge on any atom is 0.573 e. The largest absolute Gasteiger partial charge is 0.573 e. The molecule has 0 radical (unpaired) electrons. The van der Waals surface area contributed by atoms with Crippen LogP contribution in [0.15, 0.2) is 54.2 Å². The van der Waals surface area contributed by atoms with Crippen LogP contribution in [0.4, 0.5) is 18.9 Å². The van der Waals surface area contributed by atoms with Gasteiger partial charge in [-0.25, -0.2) is 0 Å². The Labute approximate surface area is 151 Å². The lowest BCUT2D eigenvalue weighted by Crippen LogP contribution is -2.30. The molecule has 0 bridgehead atoms. The Morgan fingerprint density at radius 2 is 1.85 bits per heavy atom. The number of hydrogen-bond acceptors (Lipinski definition) is 4. The maximum atomic E-state index is 12.6. The van der Waals surface area contributed by atoms with Crippen LogP contribution in [0.3, 0.4) is 0 Å². The number of phenols is 1. The first-order chi connectivity index (χ1) is 12.2. The van der Waals surface area contributed by atoms with Crippen LogP contribution in [0.1, 0.15) is 5.56 Å². The molecule has 1 amide bonds. The van der Waals surface area contributed by atoms with Gasteiger partial charge in [-0.2, -0.15) is 0 Å². The second-order valence-corrected chi connectivity index (χ2v) is 5.65. The fourth-order valence-electron chi connectivity index (χ4n) is 2.35. The van der Waals surface area contributed by atoms with Crippen LogP contribution in [0.2, 0.25) is 0 Å². The predicted molar refractivity (Wildman–Crippen MR) is 92.4 cm³/mol. The number of amides is 1. The first-order valence-corrected chi connectivity index (χ1v) is 7.66. The summed E-state index contributed by atoms with van der Waals surface area (Å²) in [4.78, 5) is 13.7. The molecule has 0 unspecified atom stereocenters. The van der Waals surface area contributed by atoms with Crippen molar-refractivity contribution in [3.8, 4) is 11.5 Å². The third kappa shape index (κ3) is 3.94. The molecular weight excluding hydrogens is 369 g/mol. The van der Waals surface area contributed by atoms with Crippen LogP contribution in [0.5, 0.6) is 11.5 Å². The lowest BCUT2D eigenvalue weighted by atomic mass is 10.2. The number of carbonyl (C=O) groups excluding carboxylic acids is 1. The molecule has 1 fully saturated rings. The van der Waals surface area contributed by atoms with Gasteiger partial charge in [0.2, 0.25) is 0 Å². The molecule has 0 atom stereocenters. The van der Waals surface area contributed by atoms with E-state index in [0.717, 1.165) is 17.0 Å². The molecule has 1 aliphatic rings. The summed E-state index contributed by atoms with van der Waals surface area (Å²) in [5, 5.41) is 12.3. The average molecular weight is 380 g/mol. The number of phenolic OH excluding ortho intramolecular Hbond substituents is 1. The van der Waals surface area contributed by atoms with Gasteiger partial charge in [-0.1, -0.05) is 12.1 Å². The van der Waals surface area contributed by atoms with Gasteiger partial charge in [0.1, 0.15) is 17.2 Å². The zero-order valence-corrected chi connectivity index (χ0v) is 13.8. The van der Waals surface area contributed by atoms with E-state index < -0.39 is 18.0 Å². The maximum absolute atomic E-state index is 12.6. The van der Waals surface area contributed by atoms with Crippen molar-refractivity contribution in [3.05, 3.63) is 59.8 Å². The van der Waals surface area contributed by atoms with Gasteiger partial charge >= 0.3 is 6.36 Å². The second kappa shape index (κ2) is 6.68. The number of rotatable bonds is 3. The molecule has 0 saturated carbocycles. The van der Waals surface area contributed by atoms with E-state index in [-0.39, 0.29) is 16.6 Å². The lowest BCUT2D eigenvalue weighted by Gasteiger charge is -2.15. The molecule has 2 N–H and O–H groups in total. The summed E-state index contributed by atoms with van der Waals surface area (Å²) in [5.74, 6) is -0.824. The van der Waals surface area contributed by atoms with Crippen LogP contribution in [0.25, 0.3) is 6.08 Å². The van der Waals surface area contributed by atoms with E-state index in [4.69, 9.17) is 12.2 Å². The Hall–Kier alpha value is -3.07. The van der Waals surface area contributed by atoms with E-state index in [1.807, 2.05) is 0 Å². The Morgan fingerprint density at radius 3 is 2.46 bits per heavy atom. The number of nitrogens with zero attached hydrogens (tertiary/aromatic N) is 1. The van der Waals surface area contributed by atoms with Gasteiger partial charge in [0.05, 0.1) is 5.69 Å². The molecule has 0 aliphatic carbocycles. The first-order valence-electron chi connectivity index (χ1n) is 7.25. The Bertz CT molecular complexity index is 895. The van der Waals surface area contributed by atoms with E-state index in [1.54, 1.807) is 12.1 Å². The van der Waals surface area contributed by atoms with Gasteiger partial charge in [-0.15, -0.1) is 13.2 Å². The molecular formula is C17H11F3N2O3S. The quantitative estimate of drug-likeness (QED) is 0.630. The molecule has 134 valence electrons. The number of aromatic hydroxyl groups is 1. The fourth-order valence-corrected chi connectivity index (χ4v) is 2.65. The number of halogens is 3. The molecule has 2 aromatic rings. The smallest absolute Gasteiger partial charge is 0.508 e. The molecule has 0 spiro atoms. The van der Waals surface area contributed by atoms with Crippen molar-refractivity contribution >= 4 is 35.0 Å². The summed E-state index contributed by atoms with van der Waals surface area (Å²) < 4.78 is 40.4. The summed E-state index contributed by atoms with van der Waals surface area (Å²) in [7, 11) is 0. The van der Waals surface area contributed by atoms with Crippen molar-refractivity contribution in [1.29, 1.82) is 0 Å². The van der Waals surface area contributed by atoms with Crippen molar-refractivity contribution in [1.82, 2.24) is 5.32 Å². The zero-order chi connectivity index (χ0) is 18.9. The van der Waals surface area contributed by atoms with Gasteiger partial charge in [-0.05, 0) is 60.3 Å². The van der Waals surface area contributed by atoms with Gasteiger partial charge in [-0.3, -0.25) is 9.69 Å². The van der Waals surface area contributed by atoms with Gasteiger partial charge < -0.3 is 15.2 Å². The summed E-state index contributed by atoms with van der Waals surface area (Å²) in [6.45, 7) is 0. The average Bonchev–Trinajstić information content (AvgIpc) is 2.81. The van der Waals surface area contributed by atoms with Crippen molar-refractivity contribution in [2.24, 2.45) is 0 Å². The van der Waals surface area contributed by atoms with Crippen LogP contribution in [0, 0.1) is 0 Å². The highest BCUT2D eigenvalue weighted by Gasteiger charge is 2.33. The summed E-state index contributed by atoms with van der Waals surface area (Å²) in [6, 6.07) is 11.1. The number of thiocarbonyl (C=S) groups is 1.